The van der Waals surface area contributed by atoms with E-state index < -0.39 is 67.1 Å². The highest BCUT2D eigenvalue weighted by atomic mass is 16.4. The molecule has 0 fully saturated rings. The molecule has 0 aliphatic rings. The van der Waals surface area contributed by atoms with E-state index in [1.54, 1.807) is 0 Å². The van der Waals surface area contributed by atoms with Crippen LogP contribution in [0.15, 0.2) is 28.0 Å². The minimum Gasteiger partial charge on any atom is -0.478 e. The SMILES string of the molecule is O=C(O)c1c(C(=O)O)c2c(=O)oc(=O)c2c2c(=O)oc(=O)c12. The van der Waals surface area contributed by atoms with Gasteiger partial charge in [-0.15, -0.1) is 0 Å². The summed E-state index contributed by atoms with van der Waals surface area (Å²) in [5, 5.41) is 15.0. The summed E-state index contributed by atoms with van der Waals surface area (Å²) >= 11 is 0. The topological polar surface area (TPSA) is 169 Å². The number of carboxylic acids is 2. The van der Waals surface area contributed by atoms with Crippen LogP contribution >= 0.6 is 0 Å². The maximum Gasteiger partial charge on any atom is 0.347 e. The lowest BCUT2D eigenvalue weighted by Gasteiger charge is -2.02. The number of fused-ring (bicyclic) bond motifs is 3. The van der Waals surface area contributed by atoms with Gasteiger partial charge in [0.1, 0.15) is 0 Å². The molecule has 0 saturated heterocycles. The van der Waals surface area contributed by atoms with Gasteiger partial charge in [0.05, 0.1) is 32.7 Å². The Balaban J connectivity index is 2.96. The van der Waals surface area contributed by atoms with Crippen molar-refractivity contribution in [1.29, 1.82) is 0 Å². The van der Waals surface area contributed by atoms with Gasteiger partial charge in [0.25, 0.3) is 0 Å². The van der Waals surface area contributed by atoms with Crippen LogP contribution in [-0.2, 0) is 0 Å². The average molecular weight is 306 g/mol. The summed E-state index contributed by atoms with van der Waals surface area (Å²) < 4.78 is 8.43. The summed E-state index contributed by atoms with van der Waals surface area (Å²) in [5.41, 5.74) is -7.78. The first kappa shape index (κ1) is 13.4. The van der Waals surface area contributed by atoms with E-state index in [0.717, 1.165) is 0 Å². The maximum atomic E-state index is 11.6. The zero-order valence-corrected chi connectivity index (χ0v) is 10.2. The molecule has 0 amide bonds. The second kappa shape index (κ2) is 3.97. The number of hydrogen-bond acceptors (Lipinski definition) is 8. The van der Waals surface area contributed by atoms with Crippen LogP contribution in [-0.4, -0.2) is 22.2 Å². The minimum atomic E-state index is -1.88. The number of carbonyl (C=O) groups is 2. The lowest BCUT2D eigenvalue weighted by molar-refractivity contribution is 0.0655. The van der Waals surface area contributed by atoms with Crippen LogP contribution in [0.5, 0.6) is 0 Å². The van der Waals surface area contributed by atoms with Crippen LogP contribution in [0.2, 0.25) is 0 Å². The molecule has 3 rings (SSSR count). The van der Waals surface area contributed by atoms with Crippen molar-refractivity contribution in [2.45, 2.75) is 0 Å². The third-order valence-electron chi connectivity index (χ3n) is 3.12. The highest BCUT2D eigenvalue weighted by Crippen LogP contribution is 2.26. The molecule has 2 heterocycles. The molecular weight excluding hydrogens is 304 g/mol. The molecule has 0 saturated carbocycles. The van der Waals surface area contributed by atoms with Crippen molar-refractivity contribution >= 4 is 33.5 Å². The van der Waals surface area contributed by atoms with E-state index in [1.807, 2.05) is 0 Å². The molecule has 110 valence electrons. The van der Waals surface area contributed by atoms with E-state index in [9.17, 15) is 28.8 Å². The molecule has 0 unspecified atom stereocenters. The molecular formula is C12H2O10. The Bertz CT molecular complexity index is 1100. The first-order valence-corrected chi connectivity index (χ1v) is 5.49. The van der Waals surface area contributed by atoms with Gasteiger partial charge in [0, 0.05) is 0 Å². The Labute approximate surface area is 116 Å². The summed E-state index contributed by atoms with van der Waals surface area (Å²) in [5.74, 6) is -3.76. The van der Waals surface area contributed by atoms with Gasteiger partial charge >= 0.3 is 34.4 Å². The number of furan rings is 2. The number of benzene rings is 1. The van der Waals surface area contributed by atoms with Crippen molar-refractivity contribution in [2.24, 2.45) is 0 Å². The van der Waals surface area contributed by atoms with E-state index in [1.165, 1.54) is 0 Å². The molecule has 0 aliphatic carbocycles. The van der Waals surface area contributed by atoms with E-state index in [2.05, 4.69) is 8.83 Å². The van der Waals surface area contributed by atoms with Gasteiger partial charge in [0.2, 0.25) is 0 Å². The number of rotatable bonds is 2. The lowest BCUT2D eigenvalue weighted by atomic mass is 9.96. The second-order valence-corrected chi connectivity index (χ2v) is 4.21. The molecule has 22 heavy (non-hydrogen) atoms. The Morgan fingerprint density at radius 2 is 0.864 bits per heavy atom. The monoisotopic (exact) mass is 306 g/mol. The molecule has 2 aromatic heterocycles. The van der Waals surface area contributed by atoms with Crippen LogP contribution in [0.25, 0.3) is 21.5 Å². The fraction of sp³-hybridized carbons (Fsp3) is 0. The van der Waals surface area contributed by atoms with Crippen LogP contribution in [0.3, 0.4) is 0 Å². The molecule has 3 aromatic rings. The zero-order chi connectivity index (χ0) is 16.3. The predicted octanol–water partition coefficient (Wildman–Crippen LogP) is -1.11. The van der Waals surface area contributed by atoms with Gasteiger partial charge in [-0.25, -0.2) is 28.8 Å². The van der Waals surface area contributed by atoms with Crippen LogP contribution in [0, 0.1) is 0 Å². The molecule has 10 heteroatoms. The highest BCUT2D eigenvalue weighted by Gasteiger charge is 2.33. The van der Waals surface area contributed by atoms with Crippen molar-refractivity contribution in [1.82, 2.24) is 0 Å². The van der Waals surface area contributed by atoms with Crippen molar-refractivity contribution in [3.63, 3.8) is 0 Å². The highest BCUT2D eigenvalue weighted by molar-refractivity contribution is 6.23. The Morgan fingerprint density at radius 1 is 0.591 bits per heavy atom. The van der Waals surface area contributed by atoms with Crippen molar-refractivity contribution < 1.29 is 28.6 Å². The number of aromatic carboxylic acids is 2. The Kier molecular flexibility index (Phi) is 2.42. The van der Waals surface area contributed by atoms with Gasteiger partial charge < -0.3 is 19.0 Å². The molecule has 10 nitrogen and oxygen atoms in total. The Morgan fingerprint density at radius 3 is 1.14 bits per heavy atom. The van der Waals surface area contributed by atoms with E-state index in [0.29, 0.717) is 0 Å². The van der Waals surface area contributed by atoms with Crippen molar-refractivity contribution in [2.75, 3.05) is 0 Å². The van der Waals surface area contributed by atoms with Crippen LogP contribution in [0.4, 0.5) is 0 Å². The largest absolute Gasteiger partial charge is 0.478 e. The predicted molar refractivity (Wildman–Crippen MR) is 67.4 cm³/mol. The summed E-state index contributed by atoms with van der Waals surface area (Å²) in [6.45, 7) is 0. The van der Waals surface area contributed by atoms with E-state index in [-0.39, 0.29) is 0 Å². The summed E-state index contributed by atoms with van der Waals surface area (Å²) in [6.07, 6.45) is 0. The van der Waals surface area contributed by atoms with Gasteiger partial charge in [-0.05, 0) is 0 Å². The molecule has 0 aliphatic heterocycles. The molecule has 0 radical (unpaired) electrons. The van der Waals surface area contributed by atoms with Crippen molar-refractivity contribution in [3.05, 3.63) is 52.8 Å². The summed E-state index contributed by atoms with van der Waals surface area (Å²) in [6, 6.07) is 0. The summed E-state index contributed by atoms with van der Waals surface area (Å²) in [7, 11) is 0. The fourth-order valence-electron chi connectivity index (χ4n) is 2.37. The van der Waals surface area contributed by atoms with Gasteiger partial charge in [-0.3, -0.25) is 0 Å². The normalized spacial score (nSPS) is 11.3. The quantitative estimate of drug-likeness (QED) is 0.591. The zero-order valence-electron chi connectivity index (χ0n) is 10.2. The van der Waals surface area contributed by atoms with Crippen LogP contribution in [0.1, 0.15) is 20.7 Å². The molecule has 2 N–H and O–H groups in total. The standard InChI is InChI=1S/C12H2O10/c13-7(14)1-2(8(15)16)4-6(12(20)22-10(4)18)5-3(1)9(17)21-11(5)19/h(H,13,14)(H,15,16). The maximum absolute atomic E-state index is 11.6. The van der Waals surface area contributed by atoms with Gasteiger partial charge in [-0.1, -0.05) is 0 Å². The molecule has 0 bridgehead atoms. The number of hydrogen-bond donors (Lipinski definition) is 2. The smallest absolute Gasteiger partial charge is 0.347 e. The first-order chi connectivity index (χ1) is 10.3. The molecule has 0 spiro atoms. The average Bonchev–Trinajstić information content (AvgIpc) is 2.86. The Hall–Kier alpha value is -3.56. The molecule has 0 atom stereocenters. The summed E-state index contributed by atoms with van der Waals surface area (Å²) in [4.78, 5) is 69.2. The second-order valence-electron chi connectivity index (χ2n) is 4.21. The number of carboxylic acid groups (broad SMARTS) is 2. The third-order valence-corrected chi connectivity index (χ3v) is 3.12. The minimum absolute atomic E-state index is 0.779. The van der Waals surface area contributed by atoms with Gasteiger partial charge in [-0.2, -0.15) is 0 Å². The van der Waals surface area contributed by atoms with Gasteiger partial charge in [0.15, 0.2) is 0 Å². The molecule has 1 aromatic carbocycles. The van der Waals surface area contributed by atoms with E-state index in [4.69, 9.17) is 10.2 Å². The third kappa shape index (κ3) is 1.43. The first-order valence-electron chi connectivity index (χ1n) is 5.49. The van der Waals surface area contributed by atoms with E-state index >= 15 is 0 Å². The lowest BCUT2D eigenvalue weighted by Crippen LogP contribution is -2.15. The fourth-order valence-corrected chi connectivity index (χ4v) is 2.37. The van der Waals surface area contributed by atoms with Crippen LogP contribution < -0.4 is 22.5 Å². The van der Waals surface area contributed by atoms with Crippen molar-refractivity contribution in [3.8, 4) is 0 Å².